The van der Waals surface area contributed by atoms with Crippen LogP contribution in [0, 0.1) is 5.82 Å². The van der Waals surface area contributed by atoms with Crippen molar-refractivity contribution in [2.75, 3.05) is 0 Å². The summed E-state index contributed by atoms with van der Waals surface area (Å²) in [7, 11) is 0. The van der Waals surface area contributed by atoms with E-state index in [1.165, 1.54) is 0 Å². The van der Waals surface area contributed by atoms with E-state index in [0.717, 1.165) is 0 Å². The highest BCUT2D eigenvalue weighted by atomic mass is 19.1. The van der Waals surface area contributed by atoms with Gasteiger partial charge >= 0.3 is 11.9 Å². The lowest BCUT2D eigenvalue weighted by Gasteiger charge is -1.97. The average Bonchev–Trinajstić information content (AvgIpc) is 2.04. The van der Waals surface area contributed by atoms with Gasteiger partial charge < -0.3 is 10.2 Å². The molecule has 1 aromatic heterocycles. The van der Waals surface area contributed by atoms with Crippen LogP contribution in [0.15, 0.2) is 12.3 Å². The van der Waals surface area contributed by atoms with Gasteiger partial charge in [0.25, 0.3) is 0 Å². The summed E-state index contributed by atoms with van der Waals surface area (Å²) in [5.41, 5.74) is -1.20. The van der Waals surface area contributed by atoms with Crippen LogP contribution >= 0.6 is 0 Å². The Labute approximate surface area is 71.5 Å². The Hall–Kier alpha value is -1.98. The lowest BCUT2D eigenvalue weighted by molar-refractivity contribution is 0.0690. The topological polar surface area (TPSA) is 87.5 Å². The van der Waals surface area contributed by atoms with Crippen LogP contribution in [-0.2, 0) is 0 Å². The highest BCUT2D eigenvalue weighted by Gasteiger charge is 2.14. The molecule has 1 rings (SSSR count). The number of carboxylic acids is 2. The van der Waals surface area contributed by atoms with Crippen molar-refractivity contribution in [1.29, 1.82) is 0 Å². The summed E-state index contributed by atoms with van der Waals surface area (Å²) in [5, 5.41) is 16.8. The van der Waals surface area contributed by atoms with Crippen LogP contribution in [0.1, 0.15) is 20.8 Å². The second-order valence-corrected chi connectivity index (χ2v) is 2.16. The molecule has 1 heterocycles. The van der Waals surface area contributed by atoms with Crippen molar-refractivity contribution >= 4 is 11.9 Å². The van der Waals surface area contributed by atoms with Crippen molar-refractivity contribution in [3.63, 3.8) is 0 Å². The van der Waals surface area contributed by atoms with Crippen molar-refractivity contribution in [3.8, 4) is 0 Å². The number of aromatic carboxylic acids is 2. The van der Waals surface area contributed by atoms with Gasteiger partial charge in [0.1, 0.15) is 5.69 Å². The standard InChI is InChI=1S/C7H4FNO4/c8-4-2-9-5(7(12)13)1-3(4)6(10)11/h1-2H,(H,10,11)(H,12,13). The number of carboxylic acid groups (broad SMARTS) is 2. The molecule has 0 atom stereocenters. The lowest BCUT2D eigenvalue weighted by atomic mass is 10.2. The van der Waals surface area contributed by atoms with Gasteiger partial charge in [0.2, 0.25) is 0 Å². The molecule has 0 saturated heterocycles. The van der Waals surface area contributed by atoms with Crippen LogP contribution in [0.3, 0.4) is 0 Å². The maximum atomic E-state index is 12.6. The fraction of sp³-hybridized carbons (Fsp3) is 0. The van der Waals surface area contributed by atoms with E-state index in [2.05, 4.69) is 4.98 Å². The van der Waals surface area contributed by atoms with Gasteiger partial charge in [-0.05, 0) is 6.07 Å². The van der Waals surface area contributed by atoms with E-state index in [9.17, 15) is 14.0 Å². The highest BCUT2D eigenvalue weighted by molar-refractivity contribution is 5.92. The maximum Gasteiger partial charge on any atom is 0.354 e. The summed E-state index contributed by atoms with van der Waals surface area (Å²) in [5.74, 6) is -3.98. The van der Waals surface area contributed by atoms with Gasteiger partial charge in [-0.15, -0.1) is 0 Å². The molecule has 0 aliphatic carbocycles. The molecule has 0 bridgehead atoms. The SMILES string of the molecule is O=C(O)c1cc(C(=O)O)c(F)cn1. The maximum absolute atomic E-state index is 12.6. The van der Waals surface area contributed by atoms with E-state index in [1.54, 1.807) is 0 Å². The zero-order chi connectivity index (χ0) is 10.0. The first-order valence-electron chi connectivity index (χ1n) is 3.14. The third-order valence-electron chi connectivity index (χ3n) is 1.30. The number of nitrogens with zero attached hydrogens (tertiary/aromatic N) is 1. The number of aromatic nitrogens is 1. The Balaban J connectivity index is 3.27. The predicted octanol–water partition coefficient (Wildman–Crippen LogP) is 0.617. The Morgan fingerprint density at radius 2 is 1.92 bits per heavy atom. The van der Waals surface area contributed by atoms with E-state index >= 15 is 0 Å². The third-order valence-corrected chi connectivity index (χ3v) is 1.30. The molecule has 68 valence electrons. The highest BCUT2D eigenvalue weighted by Crippen LogP contribution is 2.07. The largest absolute Gasteiger partial charge is 0.478 e. The summed E-state index contributed by atoms with van der Waals surface area (Å²) >= 11 is 0. The molecule has 0 aliphatic rings. The summed E-state index contributed by atoms with van der Waals surface area (Å²) in [6, 6.07) is 0.667. The molecule has 6 heteroatoms. The number of pyridine rings is 1. The molecule has 0 fully saturated rings. The van der Waals surface area contributed by atoms with E-state index in [4.69, 9.17) is 10.2 Å². The van der Waals surface area contributed by atoms with Gasteiger partial charge in [-0.2, -0.15) is 0 Å². The molecule has 13 heavy (non-hydrogen) atoms. The summed E-state index contributed by atoms with van der Waals surface area (Å²) in [6.07, 6.45) is 0.562. The first kappa shape index (κ1) is 9.11. The van der Waals surface area contributed by atoms with E-state index in [0.29, 0.717) is 12.3 Å². The van der Waals surface area contributed by atoms with Crippen LogP contribution in [0.5, 0.6) is 0 Å². The number of hydrogen-bond donors (Lipinski definition) is 2. The smallest absolute Gasteiger partial charge is 0.354 e. The summed E-state index contributed by atoms with van der Waals surface area (Å²) in [4.78, 5) is 23.8. The molecule has 0 spiro atoms. The van der Waals surface area contributed by atoms with Crippen LogP contribution in [0.2, 0.25) is 0 Å². The van der Waals surface area contributed by atoms with Crippen molar-refractivity contribution < 1.29 is 24.2 Å². The van der Waals surface area contributed by atoms with Crippen molar-refractivity contribution in [2.24, 2.45) is 0 Å². The molecule has 1 aromatic rings. The average molecular weight is 185 g/mol. The first-order valence-corrected chi connectivity index (χ1v) is 3.14. The molecule has 5 nitrogen and oxygen atoms in total. The Bertz CT molecular complexity index is 377. The molecule has 0 radical (unpaired) electrons. The van der Waals surface area contributed by atoms with Gasteiger partial charge in [-0.1, -0.05) is 0 Å². The molecule has 2 N–H and O–H groups in total. The van der Waals surface area contributed by atoms with Gasteiger partial charge in [-0.3, -0.25) is 0 Å². The van der Waals surface area contributed by atoms with Crippen LogP contribution in [0.25, 0.3) is 0 Å². The molecule has 0 aromatic carbocycles. The number of rotatable bonds is 2. The van der Waals surface area contributed by atoms with Gasteiger partial charge in [0.05, 0.1) is 11.8 Å². The van der Waals surface area contributed by atoms with E-state index in [1.807, 2.05) is 0 Å². The van der Waals surface area contributed by atoms with Crippen molar-refractivity contribution in [2.45, 2.75) is 0 Å². The monoisotopic (exact) mass is 185 g/mol. The Morgan fingerprint density at radius 3 is 2.38 bits per heavy atom. The zero-order valence-corrected chi connectivity index (χ0v) is 6.19. The second-order valence-electron chi connectivity index (χ2n) is 2.16. The molecule has 0 unspecified atom stereocenters. The molecular formula is C7H4FNO4. The summed E-state index contributed by atoms with van der Waals surface area (Å²) < 4.78 is 12.6. The Kier molecular flexibility index (Phi) is 2.23. The zero-order valence-electron chi connectivity index (χ0n) is 6.19. The quantitative estimate of drug-likeness (QED) is 0.704. The van der Waals surface area contributed by atoms with Crippen LogP contribution in [-0.4, -0.2) is 27.1 Å². The number of carbonyl (C=O) groups is 2. The molecule has 0 aliphatic heterocycles. The van der Waals surface area contributed by atoms with Gasteiger partial charge in [0, 0.05) is 0 Å². The van der Waals surface area contributed by atoms with Gasteiger partial charge in [0.15, 0.2) is 5.82 Å². The molecule has 0 saturated carbocycles. The van der Waals surface area contributed by atoms with Crippen molar-refractivity contribution in [3.05, 3.63) is 29.3 Å². The van der Waals surface area contributed by atoms with E-state index in [-0.39, 0.29) is 0 Å². The minimum Gasteiger partial charge on any atom is -0.478 e. The predicted molar refractivity (Wildman–Crippen MR) is 38.1 cm³/mol. The van der Waals surface area contributed by atoms with Gasteiger partial charge in [-0.25, -0.2) is 19.0 Å². The van der Waals surface area contributed by atoms with Crippen LogP contribution < -0.4 is 0 Å². The Morgan fingerprint density at radius 1 is 1.31 bits per heavy atom. The number of hydrogen-bond acceptors (Lipinski definition) is 3. The van der Waals surface area contributed by atoms with Crippen LogP contribution in [0.4, 0.5) is 4.39 Å². The van der Waals surface area contributed by atoms with E-state index < -0.39 is 29.0 Å². The minimum absolute atomic E-state index is 0.501. The minimum atomic E-state index is -1.53. The fourth-order valence-corrected chi connectivity index (χ4v) is 0.720. The molecule has 0 amide bonds. The third kappa shape index (κ3) is 1.78. The lowest BCUT2D eigenvalue weighted by Crippen LogP contribution is -2.07. The second kappa shape index (κ2) is 3.18. The van der Waals surface area contributed by atoms with Crippen molar-refractivity contribution in [1.82, 2.24) is 4.98 Å². The first-order chi connectivity index (χ1) is 6.02. The summed E-state index contributed by atoms with van der Waals surface area (Å²) in [6.45, 7) is 0. The molecular weight excluding hydrogens is 181 g/mol. The normalized spacial score (nSPS) is 9.62. The number of halogens is 1. The fourth-order valence-electron chi connectivity index (χ4n) is 0.720.